The second kappa shape index (κ2) is 6.24. The quantitative estimate of drug-likeness (QED) is 0.854. The highest BCUT2D eigenvalue weighted by atomic mass is 35.5. The average molecular weight is 259 g/mol. The van der Waals surface area contributed by atoms with Gasteiger partial charge in [0.1, 0.15) is 12.4 Å². The molecule has 0 radical (unpaired) electrons. The van der Waals surface area contributed by atoms with E-state index in [1.807, 2.05) is 13.8 Å². The van der Waals surface area contributed by atoms with Crippen molar-refractivity contribution in [3.05, 3.63) is 28.8 Å². The molecule has 0 spiro atoms. The van der Waals surface area contributed by atoms with E-state index in [-0.39, 0.29) is 12.5 Å². The van der Waals surface area contributed by atoms with Crippen LogP contribution in [-0.2, 0) is 0 Å². The fourth-order valence-corrected chi connectivity index (χ4v) is 1.53. The van der Waals surface area contributed by atoms with Crippen molar-refractivity contribution >= 4 is 11.6 Å². The van der Waals surface area contributed by atoms with Crippen LogP contribution in [0.3, 0.4) is 0 Å². The predicted molar refractivity (Wildman–Crippen MR) is 68.4 cm³/mol. The monoisotopic (exact) mass is 258 g/mol. The minimum absolute atomic E-state index is 0.136. The van der Waals surface area contributed by atoms with Crippen molar-refractivity contribution in [1.82, 2.24) is 0 Å². The van der Waals surface area contributed by atoms with Gasteiger partial charge < -0.3 is 14.9 Å². The van der Waals surface area contributed by atoms with Crippen molar-refractivity contribution in [2.45, 2.75) is 33.0 Å². The zero-order valence-corrected chi connectivity index (χ0v) is 11.1. The Hall–Kier alpha value is -0.770. The predicted octanol–water partition coefficient (Wildman–Crippen LogP) is 2.79. The molecule has 17 heavy (non-hydrogen) atoms. The number of hydrogen-bond acceptors (Lipinski definition) is 3. The summed E-state index contributed by atoms with van der Waals surface area (Å²) in [6, 6.07) is 5.07. The highest BCUT2D eigenvalue weighted by Crippen LogP contribution is 2.28. The van der Waals surface area contributed by atoms with Crippen LogP contribution in [0.4, 0.5) is 0 Å². The molecule has 0 aliphatic heterocycles. The Morgan fingerprint density at radius 1 is 1.24 bits per heavy atom. The van der Waals surface area contributed by atoms with Gasteiger partial charge in [-0.1, -0.05) is 25.4 Å². The van der Waals surface area contributed by atoms with E-state index in [0.717, 1.165) is 0 Å². The van der Waals surface area contributed by atoms with Crippen LogP contribution in [0.25, 0.3) is 0 Å². The topological polar surface area (TPSA) is 49.7 Å². The largest absolute Gasteiger partial charge is 0.490 e. The SMILES string of the molecule is CC(C)C(O)COc1ccc(Cl)cc1[C@@H](C)O. The van der Waals surface area contributed by atoms with Gasteiger partial charge in [-0.15, -0.1) is 0 Å². The van der Waals surface area contributed by atoms with Crippen molar-refractivity contribution in [1.29, 1.82) is 0 Å². The molecule has 1 aromatic carbocycles. The van der Waals surface area contributed by atoms with Crippen molar-refractivity contribution in [2.75, 3.05) is 6.61 Å². The van der Waals surface area contributed by atoms with E-state index < -0.39 is 12.2 Å². The summed E-state index contributed by atoms with van der Waals surface area (Å²) in [6.07, 6.45) is -1.17. The van der Waals surface area contributed by atoms with Crippen LogP contribution in [0.2, 0.25) is 5.02 Å². The lowest BCUT2D eigenvalue weighted by atomic mass is 10.1. The Labute approximate surface area is 107 Å². The molecule has 0 saturated heterocycles. The first-order valence-corrected chi connectivity index (χ1v) is 6.08. The van der Waals surface area contributed by atoms with E-state index in [1.165, 1.54) is 0 Å². The standard InChI is InChI=1S/C13H19ClO3/c1-8(2)12(16)7-17-13-5-4-10(14)6-11(13)9(3)15/h4-6,8-9,12,15-16H,7H2,1-3H3/t9-,12?/m1/s1. The molecule has 0 heterocycles. The normalized spacial score (nSPS) is 14.8. The van der Waals surface area contributed by atoms with E-state index in [0.29, 0.717) is 16.3 Å². The van der Waals surface area contributed by atoms with Crippen LogP contribution in [-0.4, -0.2) is 22.9 Å². The van der Waals surface area contributed by atoms with Gasteiger partial charge in [-0.05, 0) is 31.0 Å². The summed E-state index contributed by atoms with van der Waals surface area (Å²) in [5.74, 6) is 0.696. The third-order valence-electron chi connectivity index (χ3n) is 2.60. The first kappa shape index (κ1) is 14.3. The second-order valence-corrected chi connectivity index (χ2v) is 4.92. The van der Waals surface area contributed by atoms with Crippen LogP contribution in [0.1, 0.15) is 32.4 Å². The van der Waals surface area contributed by atoms with Gasteiger partial charge in [0.25, 0.3) is 0 Å². The molecular formula is C13H19ClO3. The zero-order chi connectivity index (χ0) is 13.0. The number of ether oxygens (including phenoxy) is 1. The van der Waals surface area contributed by atoms with E-state index in [9.17, 15) is 10.2 Å². The Balaban J connectivity index is 2.77. The summed E-state index contributed by atoms with van der Waals surface area (Å²) in [5, 5.41) is 19.8. The third-order valence-corrected chi connectivity index (χ3v) is 2.84. The molecular weight excluding hydrogens is 240 g/mol. The molecule has 96 valence electrons. The number of aliphatic hydroxyl groups is 2. The van der Waals surface area contributed by atoms with Crippen molar-refractivity contribution < 1.29 is 14.9 Å². The highest BCUT2D eigenvalue weighted by molar-refractivity contribution is 6.30. The Morgan fingerprint density at radius 2 is 1.88 bits per heavy atom. The fourth-order valence-electron chi connectivity index (χ4n) is 1.34. The summed E-state index contributed by atoms with van der Waals surface area (Å²) in [7, 11) is 0. The van der Waals surface area contributed by atoms with Crippen LogP contribution in [0.15, 0.2) is 18.2 Å². The number of aliphatic hydroxyl groups excluding tert-OH is 2. The summed E-state index contributed by atoms with van der Waals surface area (Å²) >= 11 is 5.86. The van der Waals surface area contributed by atoms with Crippen LogP contribution < -0.4 is 4.74 Å². The first-order chi connectivity index (χ1) is 7.91. The molecule has 3 nitrogen and oxygen atoms in total. The molecule has 0 aromatic heterocycles. The minimum atomic E-state index is -0.653. The molecule has 2 N–H and O–H groups in total. The molecule has 0 saturated carbocycles. The van der Waals surface area contributed by atoms with Gasteiger partial charge in [-0.25, -0.2) is 0 Å². The molecule has 0 aliphatic rings. The molecule has 1 unspecified atom stereocenters. The molecule has 4 heteroatoms. The van der Waals surface area contributed by atoms with Gasteiger partial charge >= 0.3 is 0 Å². The van der Waals surface area contributed by atoms with Crippen LogP contribution in [0, 0.1) is 5.92 Å². The summed E-state index contributed by atoms with van der Waals surface area (Å²) in [6.45, 7) is 5.70. The zero-order valence-electron chi connectivity index (χ0n) is 10.4. The maximum absolute atomic E-state index is 9.66. The smallest absolute Gasteiger partial charge is 0.125 e. The Kier molecular flexibility index (Phi) is 5.25. The molecule has 1 aromatic rings. The van der Waals surface area contributed by atoms with Gasteiger partial charge in [-0.2, -0.15) is 0 Å². The van der Waals surface area contributed by atoms with Crippen LogP contribution >= 0.6 is 11.6 Å². The number of rotatable bonds is 5. The van der Waals surface area contributed by atoms with E-state index in [4.69, 9.17) is 16.3 Å². The summed E-state index contributed by atoms with van der Waals surface area (Å²) < 4.78 is 5.51. The van der Waals surface area contributed by atoms with Crippen molar-refractivity contribution in [3.63, 3.8) is 0 Å². The van der Waals surface area contributed by atoms with Gasteiger partial charge in [0.15, 0.2) is 0 Å². The van der Waals surface area contributed by atoms with Gasteiger partial charge in [0.2, 0.25) is 0 Å². The lowest BCUT2D eigenvalue weighted by molar-refractivity contribution is 0.0682. The lowest BCUT2D eigenvalue weighted by Crippen LogP contribution is -2.23. The van der Waals surface area contributed by atoms with Crippen molar-refractivity contribution in [2.24, 2.45) is 5.92 Å². The maximum atomic E-state index is 9.66. The first-order valence-electron chi connectivity index (χ1n) is 5.70. The number of hydrogen-bond donors (Lipinski definition) is 2. The van der Waals surface area contributed by atoms with Gasteiger partial charge in [0, 0.05) is 10.6 Å². The molecule has 2 atom stereocenters. The van der Waals surface area contributed by atoms with Crippen LogP contribution in [0.5, 0.6) is 5.75 Å². The van der Waals surface area contributed by atoms with Crippen molar-refractivity contribution in [3.8, 4) is 5.75 Å². The Morgan fingerprint density at radius 3 is 2.41 bits per heavy atom. The molecule has 0 aliphatic carbocycles. The van der Waals surface area contributed by atoms with E-state index in [1.54, 1.807) is 25.1 Å². The van der Waals surface area contributed by atoms with E-state index >= 15 is 0 Å². The average Bonchev–Trinajstić information content (AvgIpc) is 2.26. The number of halogens is 1. The van der Waals surface area contributed by atoms with Gasteiger partial charge in [-0.3, -0.25) is 0 Å². The fraction of sp³-hybridized carbons (Fsp3) is 0.538. The highest BCUT2D eigenvalue weighted by Gasteiger charge is 2.14. The molecule has 0 amide bonds. The Bertz CT molecular complexity index is 364. The summed E-state index contributed by atoms with van der Waals surface area (Å²) in [4.78, 5) is 0. The lowest BCUT2D eigenvalue weighted by Gasteiger charge is -2.18. The summed E-state index contributed by atoms with van der Waals surface area (Å²) in [5.41, 5.74) is 0.633. The van der Waals surface area contributed by atoms with E-state index in [2.05, 4.69) is 0 Å². The molecule has 0 fully saturated rings. The maximum Gasteiger partial charge on any atom is 0.125 e. The van der Waals surface area contributed by atoms with Gasteiger partial charge in [0.05, 0.1) is 12.2 Å². The molecule has 0 bridgehead atoms. The number of benzene rings is 1. The minimum Gasteiger partial charge on any atom is -0.490 e. The third kappa shape index (κ3) is 4.19. The second-order valence-electron chi connectivity index (χ2n) is 4.48. The molecule has 1 rings (SSSR count).